The molecule has 0 saturated carbocycles. The van der Waals surface area contributed by atoms with E-state index in [0.29, 0.717) is 39.0 Å². The van der Waals surface area contributed by atoms with Crippen LogP contribution in [0.5, 0.6) is 0 Å². The Hall–Kier alpha value is -9.74. The third kappa shape index (κ3) is 6.81. The van der Waals surface area contributed by atoms with Crippen LogP contribution >= 0.6 is 0 Å². The van der Waals surface area contributed by atoms with E-state index < -0.39 is 105 Å². The molecule has 0 aliphatic heterocycles. The lowest BCUT2D eigenvalue weighted by Gasteiger charge is -2.34. The number of hydrogen-bond donors (Lipinski definition) is 0. The summed E-state index contributed by atoms with van der Waals surface area (Å²) in [6, 6.07) is 59.4. The van der Waals surface area contributed by atoms with E-state index in [9.17, 15) is 8.22 Å². The molecule has 0 aliphatic rings. The average molecular weight is 1000 g/mol. The molecule has 15 aromatic rings. The van der Waals surface area contributed by atoms with Gasteiger partial charge in [-0.3, -0.25) is 0 Å². The van der Waals surface area contributed by atoms with Gasteiger partial charge in [-0.15, -0.1) is 0 Å². The van der Waals surface area contributed by atoms with E-state index in [4.69, 9.17) is 13.7 Å². The van der Waals surface area contributed by atoms with E-state index in [1.807, 2.05) is 89.5 Å². The molecule has 12 aromatic carbocycles. The molecule has 0 saturated heterocycles. The van der Waals surface area contributed by atoms with Crippen LogP contribution in [0, 0.1) is 0 Å². The predicted molar refractivity (Wildman–Crippen MR) is 324 cm³/mol. The van der Waals surface area contributed by atoms with Crippen LogP contribution in [0.2, 0.25) is 0 Å². The van der Waals surface area contributed by atoms with Crippen molar-refractivity contribution >= 4 is 94.2 Å². The largest absolute Gasteiger partial charge is 0.309 e. The second-order valence-electron chi connectivity index (χ2n) is 18.9. The van der Waals surface area contributed by atoms with Gasteiger partial charge in [0.2, 0.25) is 0 Å². The highest BCUT2D eigenvalue weighted by Crippen LogP contribution is 2.40. The molecule has 4 heteroatoms. The van der Waals surface area contributed by atoms with Crippen LogP contribution in [-0.4, -0.2) is 21.8 Å². The molecule has 0 amide bonds. The van der Waals surface area contributed by atoms with Crippen molar-refractivity contribution < 1.29 is 21.9 Å². The summed E-state index contributed by atoms with van der Waals surface area (Å²) >= 11 is 0. The lowest BCUT2D eigenvalue weighted by atomic mass is 9.98. The van der Waals surface area contributed by atoms with E-state index in [1.165, 1.54) is 24.7 Å². The minimum absolute atomic E-state index is 0.0282. The quantitative estimate of drug-likeness (QED) is 0.101. The Balaban J connectivity index is 1.01. The first-order chi connectivity index (χ1) is 44.3. The minimum atomic E-state index is -2.98. The number of para-hydroxylation sites is 5. The standard InChI is InChI=1S/C72H49N3Si/c1-4-25-57(26-5-1)76(58-27-6-2-7-28-58,59-29-8-3-9-30-59)60-31-21-24-52(47-60)50-22-20-23-51(44-50)53-45-55(74-69-39-17-12-34-63(69)64-35-13-18-40-70(64)74)48-56(46-53)75-71-41-19-14-36-65(71)66-49-54(42-43-72(66)75)73-67-37-15-10-32-61(67)62-33-11-16-38-68(62)73/h1-49H/i10D,11D,12D,13D,15D,16D,17D,18D,32D,33D,34D,35D,37D,38D,39D,40D. The number of benzene rings is 12. The van der Waals surface area contributed by atoms with Gasteiger partial charge in [-0.2, -0.15) is 0 Å². The summed E-state index contributed by atoms with van der Waals surface area (Å²) in [7, 11) is -2.98. The average Bonchev–Trinajstić information content (AvgIpc) is 1.51. The smallest absolute Gasteiger partial charge is 0.179 e. The maximum absolute atomic E-state index is 9.53. The van der Waals surface area contributed by atoms with Crippen molar-refractivity contribution in [2.75, 3.05) is 0 Å². The second kappa shape index (κ2) is 17.7. The first-order valence-electron chi connectivity index (χ1n) is 32.9. The fourth-order valence-electron chi connectivity index (χ4n) is 11.6. The fourth-order valence-corrected chi connectivity index (χ4v) is 16.4. The maximum atomic E-state index is 9.53. The molecular weight excluding hydrogens is 935 g/mol. The van der Waals surface area contributed by atoms with Crippen LogP contribution in [0.1, 0.15) is 21.9 Å². The Labute approximate surface area is 464 Å². The van der Waals surface area contributed by atoms with E-state index in [1.54, 1.807) is 6.07 Å². The van der Waals surface area contributed by atoms with Crippen LogP contribution in [0.3, 0.4) is 0 Å². The molecule has 3 heterocycles. The van der Waals surface area contributed by atoms with Gasteiger partial charge in [-0.25, -0.2) is 0 Å². The van der Waals surface area contributed by atoms with Crippen LogP contribution in [0.15, 0.2) is 297 Å². The van der Waals surface area contributed by atoms with Gasteiger partial charge in [0.25, 0.3) is 0 Å². The van der Waals surface area contributed by atoms with Crippen LogP contribution in [0.25, 0.3) is 105 Å². The normalized spacial score (nSPS) is 14.9. The molecule has 0 fully saturated rings. The van der Waals surface area contributed by atoms with E-state index in [2.05, 4.69) is 109 Å². The lowest BCUT2D eigenvalue weighted by Crippen LogP contribution is -2.74. The summed E-state index contributed by atoms with van der Waals surface area (Å²) in [5.74, 6) is 0. The summed E-state index contributed by atoms with van der Waals surface area (Å²) in [5, 5.41) is 5.93. The molecule has 0 N–H and O–H groups in total. The van der Waals surface area contributed by atoms with Gasteiger partial charge in [-0.1, -0.05) is 224 Å². The Kier molecular flexibility index (Phi) is 7.11. The van der Waals surface area contributed by atoms with Crippen molar-refractivity contribution in [3.8, 4) is 39.3 Å². The predicted octanol–water partition coefficient (Wildman–Crippen LogP) is 15.7. The molecule has 0 spiro atoms. The summed E-state index contributed by atoms with van der Waals surface area (Å²) < 4.78 is 150. The number of nitrogens with zero attached hydrogens (tertiary/aromatic N) is 3. The highest BCUT2D eigenvalue weighted by molar-refractivity contribution is 7.19. The highest BCUT2D eigenvalue weighted by Gasteiger charge is 2.41. The molecule has 0 atom stereocenters. The third-order valence-corrected chi connectivity index (χ3v) is 19.6. The molecule has 0 aliphatic carbocycles. The lowest BCUT2D eigenvalue weighted by molar-refractivity contribution is 1.13. The highest BCUT2D eigenvalue weighted by atomic mass is 28.3. The van der Waals surface area contributed by atoms with Crippen molar-refractivity contribution in [2.45, 2.75) is 0 Å². The van der Waals surface area contributed by atoms with Crippen molar-refractivity contribution in [2.24, 2.45) is 0 Å². The zero-order valence-corrected chi connectivity index (χ0v) is 41.4. The first kappa shape index (κ1) is 30.5. The van der Waals surface area contributed by atoms with Crippen LogP contribution in [-0.2, 0) is 0 Å². The summed E-state index contributed by atoms with van der Waals surface area (Å²) in [6.07, 6.45) is 0. The minimum Gasteiger partial charge on any atom is -0.309 e. The molecule has 0 unspecified atom stereocenters. The summed E-state index contributed by atoms with van der Waals surface area (Å²) in [4.78, 5) is 0. The molecule has 356 valence electrons. The number of fused-ring (bicyclic) bond motifs is 9. The topological polar surface area (TPSA) is 14.8 Å². The number of rotatable bonds is 9. The van der Waals surface area contributed by atoms with Crippen LogP contribution in [0.4, 0.5) is 0 Å². The molecule has 76 heavy (non-hydrogen) atoms. The van der Waals surface area contributed by atoms with Gasteiger partial charge in [0.1, 0.15) is 0 Å². The molecule has 3 aromatic heterocycles. The molecule has 3 nitrogen and oxygen atoms in total. The van der Waals surface area contributed by atoms with Crippen molar-refractivity contribution in [1.29, 1.82) is 0 Å². The zero-order valence-electron chi connectivity index (χ0n) is 56.4. The fraction of sp³-hybridized carbons (Fsp3) is 0. The monoisotopic (exact) mass is 999 g/mol. The first-order valence-corrected chi connectivity index (χ1v) is 26.9. The number of aromatic nitrogens is 3. The van der Waals surface area contributed by atoms with E-state index in [0.717, 1.165) is 27.3 Å². The van der Waals surface area contributed by atoms with Gasteiger partial charge >= 0.3 is 0 Å². The van der Waals surface area contributed by atoms with Crippen molar-refractivity contribution in [3.63, 3.8) is 0 Å². The number of hydrogen-bond acceptors (Lipinski definition) is 0. The molecule has 0 radical (unpaired) electrons. The van der Waals surface area contributed by atoms with E-state index >= 15 is 0 Å². The third-order valence-electron chi connectivity index (χ3n) is 14.8. The van der Waals surface area contributed by atoms with Gasteiger partial charge in [0, 0.05) is 49.4 Å². The molecular formula is C72H49N3Si. The summed E-state index contributed by atoms with van der Waals surface area (Å²) in [5.41, 5.74) is 5.54. The Bertz CT molecular complexity index is 5420. The molecule has 15 rings (SSSR count). The van der Waals surface area contributed by atoms with Gasteiger partial charge < -0.3 is 13.7 Å². The van der Waals surface area contributed by atoms with Crippen molar-refractivity contribution in [1.82, 2.24) is 13.7 Å². The van der Waals surface area contributed by atoms with Gasteiger partial charge in [0.05, 0.1) is 55.0 Å². The summed E-state index contributed by atoms with van der Waals surface area (Å²) in [6.45, 7) is 0. The maximum Gasteiger partial charge on any atom is 0.179 e. The zero-order chi connectivity index (χ0) is 64.1. The Morgan fingerprint density at radius 3 is 1.16 bits per heavy atom. The van der Waals surface area contributed by atoms with Gasteiger partial charge in [-0.05, 0) is 116 Å². The van der Waals surface area contributed by atoms with Crippen LogP contribution < -0.4 is 20.7 Å². The molecule has 0 bridgehead atoms. The Morgan fingerprint density at radius 1 is 0.237 bits per heavy atom. The van der Waals surface area contributed by atoms with Crippen molar-refractivity contribution in [3.05, 3.63) is 297 Å². The van der Waals surface area contributed by atoms with Gasteiger partial charge in [0.15, 0.2) is 8.07 Å². The SMILES string of the molecule is [2H]c1c([2H])c([2H])c2c(c1[2H])c1c([2H])c([2H])c([2H])c([2H])c1n2-c1cc(-c2cccc(-c3cccc([Si](c4ccccc4)(c4ccccc4)c4ccccc4)c3)c2)cc(-n2c3ccccc3c3cc(-n4c5c([2H])c([2H])c([2H])c([2H])c5c5c([2H])c([2H])c([2H])c([2H])c54)ccc32)c1. The Morgan fingerprint density at radius 2 is 0.632 bits per heavy atom. The van der Waals surface area contributed by atoms with E-state index in [-0.39, 0.29) is 43.6 Å². The second-order valence-corrected chi connectivity index (χ2v) is 22.7.